The number of esters is 1. The van der Waals surface area contributed by atoms with E-state index in [9.17, 15) is 4.79 Å². The van der Waals surface area contributed by atoms with Gasteiger partial charge in [-0.05, 0) is 43.4 Å². The summed E-state index contributed by atoms with van der Waals surface area (Å²) in [5.41, 5.74) is 0. The number of thioether (sulfide) groups is 1. The van der Waals surface area contributed by atoms with E-state index < -0.39 is 0 Å². The van der Waals surface area contributed by atoms with Gasteiger partial charge in [-0.2, -0.15) is 0 Å². The molecule has 17 heavy (non-hydrogen) atoms. The van der Waals surface area contributed by atoms with E-state index in [0.717, 1.165) is 17.9 Å². The molecule has 0 bridgehead atoms. The third-order valence-electron chi connectivity index (χ3n) is 2.16. The molecule has 1 aromatic carbocycles. The van der Waals surface area contributed by atoms with E-state index in [4.69, 9.17) is 9.47 Å². The fraction of sp³-hybridized carbons (Fsp3) is 0.462. The molecule has 0 aliphatic rings. The van der Waals surface area contributed by atoms with E-state index in [1.165, 1.54) is 4.90 Å². The summed E-state index contributed by atoms with van der Waals surface area (Å²) in [5.74, 6) is 1.68. The third kappa shape index (κ3) is 5.63. The minimum absolute atomic E-state index is 0.108. The van der Waals surface area contributed by atoms with Crippen LogP contribution in [0.4, 0.5) is 0 Å². The summed E-state index contributed by atoms with van der Waals surface area (Å²) in [4.78, 5) is 12.3. The molecule has 0 N–H and O–H groups in total. The van der Waals surface area contributed by atoms with Gasteiger partial charge in [-0.1, -0.05) is 0 Å². The number of benzene rings is 1. The van der Waals surface area contributed by atoms with Crippen molar-refractivity contribution < 1.29 is 14.3 Å². The largest absolute Gasteiger partial charge is 0.497 e. The number of ether oxygens (including phenoxy) is 2. The van der Waals surface area contributed by atoms with Crippen molar-refractivity contribution in [2.75, 3.05) is 19.5 Å². The predicted octanol–water partition coefficient (Wildman–Crippen LogP) is 3.13. The second kappa shape index (κ2) is 8.01. The van der Waals surface area contributed by atoms with E-state index >= 15 is 0 Å². The summed E-state index contributed by atoms with van der Waals surface area (Å²) >= 11 is 1.74. The minimum atomic E-state index is -0.108. The Morgan fingerprint density at radius 2 is 2.00 bits per heavy atom. The number of rotatable bonds is 7. The molecule has 0 fully saturated rings. The van der Waals surface area contributed by atoms with Crippen molar-refractivity contribution in [3.8, 4) is 5.75 Å². The molecule has 0 amide bonds. The van der Waals surface area contributed by atoms with Crippen LogP contribution in [0.1, 0.15) is 19.8 Å². The van der Waals surface area contributed by atoms with Gasteiger partial charge in [0.1, 0.15) is 5.75 Å². The van der Waals surface area contributed by atoms with Gasteiger partial charge in [0.05, 0.1) is 13.7 Å². The fourth-order valence-corrected chi connectivity index (χ4v) is 2.16. The van der Waals surface area contributed by atoms with Crippen LogP contribution in [0.3, 0.4) is 0 Å². The number of carbonyl (C=O) groups is 1. The van der Waals surface area contributed by atoms with E-state index in [2.05, 4.69) is 0 Å². The van der Waals surface area contributed by atoms with Gasteiger partial charge in [0.25, 0.3) is 0 Å². The second-order valence-electron chi connectivity index (χ2n) is 3.43. The molecule has 0 atom stereocenters. The van der Waals surface area contributed by atoms with Gasteiger partial charge in [0.2, 0.25) is 0 Å². The molecule has 3 nitrogen and oxygen atoms in total. The molecular weight excluding hydrogens is 236 g/mol. The average molecular weight is 254 g/mol. The van der Waals surface area contributed by atoms with Gasteiger partial charge in [0.15, 0.2) is 0 Å². The Morgan fingerprint density at radius 1 is 1.29 bits per heavy atom. The number of methoxy groups -OCH3 is 1. The molecule has 0 saturated heterocycles. The zero-order valence-corrected chi connectivity index (χ0v) is 11.1. The quantitative estimate of drug-likeness (QED) is 0.425. The van der Waals surface area contributed by atoms with E-state index in [1.807, 2.05) is 31.2 Å². The first-order valence-corrected chi connectivity index (χ1v) is 6.67. The van der Waals surface area contributed by atoms with Crippen molar-refractivity contribution in [1.29, 1.82) is 0 Å². The maximum absolute atomic E-state index is 11.1. The van der Waals surface area contributed by atoms with Crippen LogP contribution in [0.5, 0.6) is 5.75 Å². The molecule has 0 aromatic heterocycles. The SMILES string of the molecule is CCOC(=O)CCCSc1ccc(OC)cc1. The van der Waals surface area contributed by atoms with Crippen molar-refractivity contribution in [3.63, 3.8) is 0 Å². The van der Waals surface area contributed by atoms with Crippen molar-refractivity contribution >= 4 is 17.7 Å². The highest BCUT2D eigenvalue weighted by Gasteiger charge is 2.01. The van der Waals surface area contributed by atoms with E-state index in [0.29, 0.717) is 13.0 Å². The third-order valence-corrected chi connectivity index (χ3v) is 3.26. The van der Waals surface area contributed by atoms with Crippen LogP contribution in [0.25, 0.3) is 0 Å². The van der Waals surface area contributed by atoms with Crippen molar-refractivity contribution in [1.82, 2.24) is 0 Å². The molecule has 94 valence electrons. The zero-order chi connectivity index (χ0) is 12.5. The molecule has 0 spiro atoms. The first-order valence-electron chi connectivity index (χ1n) is 5.68. The Bertz CT molecular complexity index is 335. The van der Waals surface area contributed by atoms with Crippen molar-refractivity contribution in [2.45, 2.75) is 24.7 Å². The van der Waals surface area contributed by atoms with Crippen LogP contribution in [-0.4, -0.2) is 25.4 Å². The van der Waals surface area contributed by atoms with E-state index in [-0.39, 0.29) is 5.97 Å². The summed E-state index contributed by atoms with van der Waals surface area (Å²) < 4.78 is 9.94. The van der Waals surface area contributed by atoms with Gasteiger partial charge in [-0.25, -0.2) is 0 Å². The number of hydrogen-bond acceptors (Lipinski definition) is 4. The Morgan fingerprint density at radius 3 is 2.59 bits per heavy atom. The molecule has 4 heteroatoms. The molecule has 0 saturated carbocycles. The topological polar surface area (TPSA) is 35.5 Å². The maximum Gasteiger partial charge on any atom is 0.305 e. The lowest BCUT2D eigenvalue weighted by molar-refractivity contribution is -0.143. The van der Waals surface area contributed by atoms with Gasteiger partial charge in [0, 0.05) is 11.3 Å². The van der Waals surface area contributed by atoms with Gasteiger partial charge in [-0.3, -0.25) is 4.79 Å². The highest BCUT2D eigenvalue weighted by molar-refractivity contribution is 7.99. The van der Waals surface area contributed by atoms with Crippen LogP contribution >= 0.6 is 11.8 Å². The molecule has 0 radical (unpaired) electrons. The highest BCUT2D eigenvalue weighted by atomic mass is 32.2. The second-order valence-corrected chi connectivity index (χ2v) is 4.60. The molecule has 0 aliphatic carbocycles. The Hall–Kier alpha value is -1.16. The average Bonchev–Trinajstić information content (AvgIpc) is 2.36. The first kappa shape index (κ1) is 13.9. The van der Waals surface area contributed by atoms with Crippen LogP contribution in [-0.2, 0) is 9.53 Å². The summed E-state index contributed by atoms with van der Waals surface area (Å²) in [6.45, 7) is 2.29. The first-order chi connectivity index (χ1) is 8.26. The van der Waals surface area contributed by atoms with Crippen LogP contribution < -0.4 is 4.74 Å². The standard InChI is InChI=1S/C13H18O3S/c1-3-16-13(14)5-4-10-17-12-8-6-11(15-2)7-9-12/h6-9H,3-5,10H2,1-2H3. The van der Waals surface area contributed by atoms with Gasteiger partial charge in [-0.15, -0.1) is 11.8 Å². The Labute approximate surface area is 106 Å². The lowest BCUT2D eigenvalue weighted by atomic mass is 10.3. The van der Waals surface area contributed by atoms with Crippen molar-refractivity contribution in [3.05, 3.63) is 24.3 Å². The lowest BCUT2D eigenvalue weighted by Crippen LogP contribution is -2.03. The van der Waals surface area contributed by atoms with Gasteiger partial charge < -0.3 is 9.47 Å². The summed E-state index contributed by atoms with van der Waals surface area (Å²) in [6, 6.07) is 7.92. The molecule has 1 aromatic rings. The predicted molar refractivity (Wildman–Crippen MR) is 69.6 cm³/mol. The molecule has 1 rings (SSSR count). The zero-order valence-electron chi connectivity index (χ0n) is 10.3. The van der Waals surface area contributed by atoms with Gasteiger partial charge >= 0.3 is 5.97 Å². The number of hydrogen-bond donors (Lipinski definition) is 0. The lowest BCUT2D eigenvalue weighted by Gasteiger charge is -2.03. The van der Waals surface area contributed by atoms with E-state index in [1.54, 1.807) is 18.9 Å². The fourth-order valence-electron chi connectivity index (χ4n) is 1.31. The summed E-state index contributed by atoms with van der Waals surface area (Å²) in [6.07, 6.45) is 1.34. The van der Waals surface area contributed by atoms with Crippen molar-refractivity contribution in [2.24, 2.45) is 0 Å². The van der Waals surface area contributed by atoms with Crippen LogP contribution in [0, 0.1) is 0 Å². The molecule has 0 unspecified atom stereocenters. The molecular formula is C13H18O3S. The monoisotopic (exact) mass is 254 g/mol. The normalized spacial score (nSPS) is 10.0. The smallest absolute Gasteiger partial charge is 0.305 e. The number of carbonyl (C=O) groups excluding carboxylic acids is 1. The van der Waals surface area contributed by atoms with Crippen LogP contribution in [0.2, 0.25) is 0 Å². The maximum atomic E-state index is 11.1. The van der Waals surface area contributed by atoms with Crippen LogP contribution in [0.15, 0.2) is 29.2 Å². The highest BCUT2D eigenvalue weighted by Crippen LogP contribution is 2.22. The Balaban J connectivity index is 2.19. The summed E-state index contributed by atoms with van der Waals surface area (Å²) in [7, 11) is 1.65. The summed E-state index contributed by atoms with van der Waals surface area (Å²) in [5, 5.41) is 0. The minimum Gasteiger partial charge on any atom is -0.497 e. The molecule has 0 aliphatic heterocycles. The Kier molecular flexibility index (Phi) is 6.55. The molecule has 0 heterocycles.